The van der Waals surface area contributed by atoms with Gasteiger partial charge in [-0.1, -0.05) is 6.07 Å². The van der Waals surface area contributed by atoms with Gasteiger partial charge < -0.3 is 15.4 Å². The van der Waals surface area contributed by atoms with Crippen LogP contribution >= 0.6 is 0 Å². The fourth-order valence-corrected chi connectivity index (χ4v) is 2.16. The van der Waals surface area contributed by atoms with E-state index >= 15 is 0 Å². The summed E-state index contributed by atoms with van der Waals surface area (Å²) >= 11 is 0. The average molecular weight is 343 g/mol. The largest absolute Gasteiger partial charge is 0.490 e. The first-order chi connectivity index (χ1) is 11.5. The Morgan fingerprint density at radius 2 is 2.12 bits per heavy atom. The molecular weight excluding hydrogens is 319 g/mol. The molecule has 1 saturated carbocycles. The van der Waals surface area contributed by atoms with Crippen LogP contribution in [-0.2, 0) is 0 Å². The molecule has 0 aromatic heterocycles. The van der Waals surface area contributed by atoms with Crippen molar-refractivity contribution in [1.29, 1.82) is 0 Å². The Bertz CT molecular complexity index is 562. The summed E-state index contributed by atoms with van der Waals surface area (Å²) in [5.41, 5.74) is 0.689. The molecule has 1 fully saturated rings. The molecule has 1 atom stereocenters. The van der Waals surface area contributed by atoms with E-state index in [0.717, 1.165) is 12.8 Å². The average Bonchev–Trinajstić information content (AvgIpc) is 3.35. The van der Waals surface area contributed by atoms with Crippen LogP contribution in [0.5, 0.6) is 5.75 Å². The summed E-state index contributed by atoms with van der Waals surface area (Å²) in [6.07, 6.45) is -0.214. The standard InChI is InChI=1S/C17H24F3N3O/c1-3-21-17(22-9-16(19)20)23-11(2)13-6-7-15(14(18)8-13)24-10-12-4-5-12/h6-8,11-12,16H,3-5,9-10H2,1-2H3,(H2,21,22,23). The maximum atomic E-state index is 14.1. The number of benzene rings is 1. The van der Waals surface area contributed by atoms with E-state index < -0.39 is 18.8 Å². The van der Waals surface area contributed by atoms with Gasteiger partial charge in [-0.25, -0.2) is 18.2 Å². The molecule has 0 amide bonds. The first kappa shape index (κ1) is 18.4. The summed E-state index contributed by atoms with van der Waals surface area (Å²) in [4.78, 5) is 3.80. The Kier molecular flexibility index (Phi) is 6.75. The van der Waals surface area contributed by atoms with Gasteiger partial charge in [0.25, 0.3) is 6.43 Å². The number of hydrogen-bond donors (Lipinski definition) is 2. The van der Waals surface area contributed by atoms with Crippen LogP contribution < -0.4 is 15.4 Å². The highest BCUT2D eigenvalue weighted by Crippen LogP contribution is 2.30. The van der Waals surface area contributed by atoms with Crippen molar-refractivity contribution in [1.82, 2.24) is 10.6 Å². The van der Waals surface area contributed by atoms with Gasteiger partial charge in [0.05, 0.1) is 12.6 Å². The quantitative estimate of drug-likeness (QED) is 0.561. The highest BCUT2D eigenvalue weighted by atomic mass is 19.3. The zero-order valence-electron chi connectivity index (χ0n) is 14.0. The van der Waals surface area contributed by atoms with Crippen LogP contribution in [0, 0.1) is 11.7 Å². The lowest BCUT2D eigenvalue weighted by molar-refractivity contribution is 0.158. The van der Waals surface area contributed by atoms with E-state index in [0.29, 0.717) is 24.6 Å². The second-order valence-electron chi connectivity index (χ2n) is 5.92. The van der Waals surface area contributed by atoms with E-state index in [-0.39, 0.29) is 17.8 Å². The van der Waals surface area contributed by atoms with E-state index in [1.54, 1.807) is 12.1 Å². The van der Waals surface area contributed by atoms with E-state index in [9.17, 15) is 13.2 Å². The third-order valence-corrected chi connectivity index (χ3v) is 3.71. The number of rotatable bonds is 8. The van der Waals surface area contributed by atoms with Gasteiger partial charge in [-0.05, 0) is 50.3 Å². The second kappa shape index (κ2) is 8.80. The second-order valence-corrected chi connectivity index (χ2v) is 5.92. The fourth-order valence-electron chi connectivity index (χ4n) is 2.16. The maximum Gasteiger partial charge on any atom is 0.257 e. The lowest BCUT2D eigenvalue weighted by atomic mass is 10.1. The number of guanidine groups is 1. The third-order valence-electron chi connectivity index (χ3n) is 3.71. The number of aliphatic imine (C=N–C) groups is 1. The zero-order valence-corrected chi connectivity index (χ0v) is 14.0. The van der Waals surface area contributed by atoms with Gasteiger partial charge in [0.15, 0.2) is 17.5 Å². The van der Waals surface area contributed by atoms with Crippen molar-refractivity contribution in [3.05, 3.63) is 29.6 Å². The van der Waals surface area contributed by atoms with Crippen LogP contribution in [-0.4, -0.2) is 32.1 Å². The first-order valence-electron chi connectivity index (χ1n) is 8.24. The van der Waals surface area contributed by atoms with Crippen molar-refractivity contribution in [2.45, 2.75) is 39.2 Å². The summed E-state index contributed by atoms with van der Waals surface area (Å²) in [7, 11) is 0. The molecule has 4 nitrogen and oxygen atoms in total. The van der Waals surface area contributed by atoms with Crippen LogP contribution in [0.15, 0.2) is 23.2 Å². The SMILES string of the molecule is CCNC(=NCC(F)F)NC(C)c1ccc(OCC2CC2)c(F)c1. The lowest BCUT2D eigenvalue weighted by Crippen LogP contribution is -2.39. The molecule has 0 spiro atoms. The van der Waals surface area contributed by atoms with Crippen molar-refractivity contribution in [3.63, 3.8) is 0 Å². The predicted octanol–water partition coefficient (Wildman–Crippen LogP) is 3.50. The van der Waals surface area contributed by atoms with E-state index in [1.807, 2.05) is 13.8 Å². The molecule has 1 aromatic carbocycles. The molecule has 7 heteroatoms. The maximum absolute atomic E-state index is 14.1. The summed E-state index contributed by atoms with van der Waals surface area (Å²) < 4.78 is 44.2. The van der Waals surface area contributed by atoms with Gasteiger partial charge >= 0.3 is 0 Å². The van der Waals surface area contributed by atoms with E-state index in [1.165, 1.54) is 6.07 Å². The number of hydrogen-bond acceptors (Lipinski definition) is 2. The van der Waals surface area contributed by atoms with Gasteiger partial charge in [0, 0.05) is 6.54 Å². The minimum atomic E-state index is -2.50. The first-order valence-corrected chi connectivity index (χ1v) is 8.24. The summed E-state index contributed by atoms with van der Waals surface area (Å²) in [6, 6.07) is 4.48. The van der Waals surface area contributed by atoms with Crippen LogP contribution in [0.2, 0.25) is 0 Å². The zero-order chi connectivity index (χ0) is 17.5. The van der Waals surface area contributed by atoms with Gasteiger partial charge in [0.1, 0.15) is 6.54 Å². The topological polar surface area (TPSA) is 45.7 Å². The van der Waals surface area contributed by atoms with Crippen LogP contribution in [0.3, 0.4) is 0 Å². The molecule has 0 heterocycles. The number of nitrogens with one attached hydrogen (secondary N) is 2. The van der Waals surface area contributed by atoms with Crippen molar-refractivity contribution in [3.8, 4) is 5.75 Å². The third kappa shape index (κ3) is 5.94. The summed E-state index contributed by atoms with van der Waals surface area (Å²) in [5, 5.41) is 5.89. The van der Waals surface area contributed by atoms with Gasteiger partial charge in [0.2, 0.25) is 0 Å². The van der Waals surface area contributed by atoms with Crippen molar-refractivity contribution < 1.29 is 17.9 Å². The lowest BCUT2D eigenvalue weighted by Gasteiger charge is -2.19. The van der Waals surface area contributed by atoms with Crippen molar-refractivity contribution >= 4 is 5.96 Å². The molecule has 2 N–H and O–H groups in total. The molecule has 1 aromatic rings. The Morgan fingerprint density at radius 1 is 1.38 bits per heavy atom. The Hall–Kier alpha value is -1.92. The van der Waals surface area contributed by atoms with Crippen LogP contribution in [0.25, 0.3) is 0 Å². The monoisotopic (exact) mass is 343 g/mol. The highest BCUT2D eigenvalue weighted by molar-refractivity contribution is 5.80. The molecular formula is C17H24F3N3O. The predicted molar refractivity (Wildman–Crippen MR) is 88.2 cm³/mol. The van der Waals surface area contributed by atoms with Crippen LogP contribution in [0.4, 0.5) is 13.2 Å². The van der Waals surface area contributed by atoms with Gasteiger partial charge in [-0.2, -0.15) is 0 Å². The summed E-state index contributed by atoms with van der Waals surface area (Å²) in [6.45, 7) is 4.17. The molecule has 0 radical (unpaired) electrons. The number of alkyl halides is 2. The highest BCUT2D eigenvalue weighted by Gasteiger charge is 2.22. The van der Waals surface area contributed by atoms with Gasteiger partial charge in [-0.3, -0.25) is 0 Å². The number of nitrogens with zero attached hydrogens (tertiary/aromatic N) is 1. The normalized spacial score (nSPS) is 16.2. The molecule has 1 unspecified atom stereocenters. The number of halogens is 3. The smallest absolute Gasteiger partial charge is 0.257 e. The molecule has 2 rings (SSSR count). The molecule has 0 aliphatic heterocycles. The fraction of sp³-hybridized carbons (Fsp3) is 0.588. The number of ether oxygens (including phenoxy) is 1. The minimum absolute atomic E-state index is 0.246. The van der Waals surface area contributed by atoms with Crippen molar-refractivity contribution in [2.24, 2.45) is 10.9 Å². The molecule has 0 saturated heterocycles. The molecule has 24 heavy (non-hydrogen) atoms. The molecule has 1 aliphatic rings. The molecule has 0 bridgehead atoms. The molecule has 1 aliphatic carbocycles. The Balaban J connectivity index is 1.97. The Labute approximate surface area is 140 Å². The summed E-state index contributed by atoms with van der Waals surface area (Å²) in [5.74, 6) is 0.658. The van der Waals surface area contributed by atoms with Crippen LogP contribution in [0.1, 0.15) is 38.3 Å². The van der Waals surface area contributed by atoms with E-state index in [2.05, 4.69) is 15.6 Å². The Morgan fingerprint density at radius 3 is 2.71 bits per heavy atom. The van der Waals surface area contributed by atoms with Crippen molar-refractivity contribution in [2.75, 3.05) is 19.7 Å². The molecule has 134 valence electrons. The van der Waals surface area contributed by atoms with E-state index in [4.69, 9.17) is 4.74 Å². The van der Waals surface area contributed by atoms with Gasteiger partial charge in [-0.15, -0.1) is 0 Å². The minimum Gasteiger partial charge on any atom is -0.490 e.